The minimum Gasteiger partial charge on any atom is -0.480 e. The van der Waals surface area contributed by atoms with Gasteiger partial charge in [-0.15, -0.1) is 0 Å². The number of anilines is 1. The Morgan fingerprint density at radius 1 is 1.00 bits per heavy atom. The third kappa shape index (κ3) is 4.09. The van der Waals surface area contributed by atoms with Gasteiger partial charge >= 0.3 is 5.97 Å². The molecule has 5 nitrogen and oxygen atoms in total. The molecule has 0 unspecified atom stereocenters. The maximum absolute atomic E-state index is 12.8. The molecule has 9 heteroatoms. The lowest BCUT2D eigenvalue weighted by atomic mass is 10.3. The monoisotopic (exact) mass is 393 g/mol. The van der Waals surface area contributed by atoms with Crippen molar-refractivity contribution < 1.29 is 18.3 Å². The highest BCUT2D eigenvalue weighted by Gasteiger charge is 2.29. The fourth-order valence-corrected chi connectivity index (χ4v) is 4.12. The van der Waals surface area contributed by atoms with Gasteiger partial charge in [0.1, 0.15) is 11.4 Å². The van der Waals surface area contributed by atoms with Crippen LogP contribution in [0.1, 0.15) is 0 Å². The number of carboxylic acid groups (broad SMARTS) is 1. The van der Waals surface area contributed by atoms with Gasteiger partial charge in [-0.25, -0.2) is 8.42 Å². The number of benzene rings is 2. The normalized spacial score (nSPS) is 11.3. The fourth-order valence-electron chi connectivity index (χ4n) is 1.84. The van der Waals surface area contributed by atoms with Crippen LogP contribution in [0.3, 0.4) is 0 Å². The zero-order valence-corrected chi connectivity index (χ0v) is 14.5. The van der Waals surface area contributed by atoms with Crippen LogP contribution in [-0.2, 0) is 14.8 Å². The van der Waals surface area contributed by atoms with Crippen LogP contribution in [0.5, 0.6) is 0 Å². The van der Waals surface area contributed by atoms with Crippen LogP contribution in [0.15, 0.2) is 47.4 Å². The molecule has 0 radical (unpaired) electrons. The summed E-state index contributed by atoms with van der Waals surface area (Å²) in [4.78, 5) is 10.8. The molecule has 0 spiro atoms. The molecule has 0 fully saturated rings. The summed E-state index contributed by atoms with van der Waals surface area (Å²) in [5.41, 5.74) is 0.146. The maximum Gasteiger partial charge on any atom is 0.324 e. The third-order valence-electron chi connectivity index (χ3n) is 2.85. The predicted molar refractivity (Wildman–Crippen MR) is 90.1 cm³/mol. The van der Waals surface area contributed by atoms with Crippen molar-refractivity contribution in [1.29, 1.82) is 0 Å². The molecule has 122 valence electrons. The summed E-state index contributed by atoms with van der Waals surface area (Å²) >= 11 is 17.5. The van der Waals surface area contributed by atoms with Crippen LogP contribution in [0.25, 0.3) is 0 Å². The summed E-state index contributed by atoms with van der Waals surface area (Å²) in [6.07, 6.45) is 0. The average molecular weight is 395 g/mol. The van der Waals surface area contributed by atoms with Gasteiger partial charge < -0.3 is 5.11 Å². The van der Waals surface area contributed by atoms with E-state index in [0.717, 1.165) is 4.31 Å². The smallest absolute Gasteiger partial charge is 0.324 e. The number of carbonyl (C=O) groups is 1. The van der Waals surface area contributed by atoms with Gasteiger partial charge in [0.2, 0.25) is 0 Å². The SMILES string of the molecule is O=C(O)CN(c1ccc(Cl)cc1)S(=O)(=O)c1cc(Cl)ccc1Cl. The second-order valence-electron chi connectivity index (χ2n) is 4.46. The van der Waals surface area contributed by atoms with E-state index in [1.807, 2.05) is 0 Å². The van der Waals surface area contributed by atoms with E-state index in [-0.39, 0.29) is 20.6 Å². The summed E-state index contributed by atoms with van der Waals surface area (Å²) in [7, 11) is -4.22. The summed E-state index contributed by atoms with van der Waals surface area (Å²) in [5, 5.41) is 9.54. The van der Waals surface area contributed by atoms with Crippen molar-refractivity contribution in [3.8, 4) is 0 Å². The minimum absolute atomic E-state index is 0.0567. The van der Waals surface area contributed by atoms with Gasteiger partial charge in [-0.1, -0.05) is 34.8 Å². The molecule has 0 aromatic heterocycles. The standard InChI is InChI=1S/C14H10Cl3NO4S/c15-9-1-4-11(5-2-9)18(8-14(19)20)23(21,22)13-7-10(16)3-6-12(13)17/h1-7H,8H2,(H,19,20). The number of carboxylic acids is 1. The first-order valence-electron chi connectivity index (χ1n) is 6.17. The van der Waals surface area contributed by atoms with Gasteiger partial charge in [0.25, 0.3) is 10.0 Å². The van der Waals surface area contributed by atoms with Crippen LogP contribution in [0, 0.1) is 0 Å². The van der Waals surface area contributed by atoms with Crippen molar-refractivity contribution in [1.82, 2.24) is 0 Å². The van der Waals surface area contributed by atoms with Crippen LogP contribution in [-0.4, -0.2) is 26.0 Å². The van der Waals surface area contributed by atoms with Gasteiger partial charge in [-0.2, -0.15) is 0 Å². The lowest BCUT2D eigenvalue weighted by Gasteiger charge is -2.23. The van der Waals surface area contributed by atoms with E-state index in [9.17, 15) is 13.2 Å². The Morgan fingerprint density at radius 3 is 2.13 bits per heavy atom. The molecule has 0 saturated carbocycles. The Kier molecular flexibility index (Phi) is 5.41. The molecule has 0 atom stereocenters. The van der Waals surface area contributed by atoms with E-state index >= 15 is 0 Å². The van der Waals surface area contributed by atoms with Gasteiger partial charge in [-0.05, 0) is 42.5 Å². The summed E-state index contributed by atoms with van der Waals surface area (Å²) < 4.78 is 26.4. The number of nitrogens with zero attached hydrogens (tertiary/aromatic N) is 1. The topological polar surface area (TPSA) is 74.7 Å². The Balaban J connectivity index is 2.59. The van der Waals surface area contributed by atoms with Crippen LogP contribution >= 0.6 is 34.8 Å². The van der Waals surface area contributed by atoms with E-state index in [1.165, 1.54) is 42.5 Å². The van der Waals surface area contributed by atoms with Gasteiger partial charge in [0.15, 0.2) is 0 Å². The Labute approximate surface area is 148 Å². The average Bonchev–Trinajstić information content (AvgIpc) is 2.48. The summed E-state index contributed by atoms with van der Waals surface area (Å²) in [5.74, 6) is -1.32. The van der Waals surface area contributed by atoms with Crippen molar-refractivity contribution in [3.63, 3.8) is 0 Å². The van der Waals surface area contributed by atoms with Crippen molar-refractivity contribution >= 4 is 56.5 Å². The van der Waals surface area contributed by atoms with Crippen molar-refractivity contribution in [2.45, 2.75) is 4.90 Å². The highest BCUT2D eigenvalue weighted by Crippen LogP contribution is 2.31. The summed E-state index contributed by atoms with van der Waals surface area (Å²) in [6.45, 7) is -0.771. The molecular weight excluding hydrogens is 385 g/mol. The van der Waals surface area contributed by atoms with Crippen molar-refractivity contribution in [2.24, 2.45) is 0 Å². The molecule has 2 rings (SSSR count). The molecule has 0 aliphatic heterocycles. The Bertz CT molecular complexity index is 838. The zero-order valence-electron chi connectivity index (χ0n) is 11.4. The number of halogens is 3. The van der Waals surface area contributed by atoms with Gasteiger partial charge in [0, 0.05) is 10.0 Å². The summed E-state index contributed by atoms with van der Waals surface area (Å²) in [6, 6.07) is 9.67. The van der Waals surface area contributed by atoms with E-state index in [1.54, 1.807) is 0 Å². The maximum atomic E-state index is 12.8. The van der Waals surface area contributed by atoms with Gasteiger partial charge in [0.05, 0.1) is 10.7 Å². The molecule has 2 aromatic rings. The molecule has 0 bridgehead atoms. The molecule has 0 heterocycles. The molecule has 0 aliphatic rings. The van der Waals surface area contributed by atoms with Crippen LogP contribution in [0.4, 0.5) is 5.69 Å². The van der Waals surface area contributed by atoms with E-state index in [0.29, 0.717) is 5.02 Å². The fraction of sp³-hybridized carbons (Fsp3) is 0.0714. The first kappa shape index (κ1) is 17.9. The molecule has 23 heavy (non-hydrogen) atoms. The van der Waals surface area contributed by atoms with Gasteiger partial charge in [-0.3, -0.25) is 9.10 Å². The quantitative estimate of drug-likeness (QED) is 0.834. The highest BCUT2D eigenvalue weighted by molar-refractivity contribution is 7.93. The third-order valence-corrected chi connectivity index (χ3v) is 5.60. The molecular formula is C14H10Cl3NO4S. The molecule has 1 N–H and O–H groups in total. The van der Waals surface area contributed by atoms with Crippen molar-refractivity contribution in [3.05, 3.63) is 57.5 Å². The minimum atomic E-state index is -4.22. The Morgan fingerprint density at radius 2 is 1.57 bits per heavy atom. The first-order chi connectivity index (χ1) is 10.7. The lowest BCUT2D eigenvalue weighted by Crippen LogP contribution is -2.35. The molecule has 2 aromatic carbocycles. The number of rotatable bonds is 5. The second-order valence-corrected chi connectivity index (χ2v) is 7.57. The predicted octanol–water partition coefficient (Wildman–Crippen LogP) is 3.93. The van der Waals surface area contributed by atoms with Crippen LogP contribution in [0.2, 0.25) is 15.1 Å². The highest BCUT2D eigenvalue weighted by atomic mass is 35.5. The lowest BCUT2D eigenvalue weighted by molar-refractivity contribution is -0.135. The largest absolute Gasteiger partial charge is 0.480 e. The molecule has 0 saturated heterocycles. The number of aliphatic carboxylic acids is 1. The van der Waals surface area contributed by atoms with Crippen LogP contribution < -0.4 is 4.31 Å². The first-order valence-corrected chi connectivity index (χ1v) is 8.74. The molecule has 0 aliphatic carbocycles. The van der Waals surface area contributed by atoms with E-state index in [4.69, 9.17) is 39.9 Å². The number of hydrogen-bond donors (Lipinski definition) is 1. The number of hydrogen-bond acceptors (Lipinski definition) is 3. The zero-order chi connectivity index (χ0) is 17.2. The second kappa shape index (κ2) is 6.97. The van der Waals surface area contributed by atoms with E-state index < -0.39 is 22.5 Å². The van der Waals surface area contributed by atoms with Crippen molar-refractivity contribution in [2.75, 3.05) is 10.8 Å². The number of sulfonamides is 1. The van der Waals surface area contributed by atoms with E-state index in [2.05, 4.69) is 0 Å². The Hall–Kier alpha value is -1.47. The molecule has 0 amide bonds.